The van der Waals surface area contributed by atoms with E-state index >= 15 is 0 Å². The molecule has 2 atom stereocenters. The smallest absolute Gasteiger partial charge is 0.338 e. The second-order valence-electron chi connectivity index (χ2n) is 9.74. The van der Waals surface area contributed by atoms with Crippen LogP contribution in [-0.4, -0.2) is 57.3 Å². The number of esters is 1. The quantitative estimate of drug-likeness (QED) is 0.684. The number of ether oxygens (including phenoxy) is 1. The molecule has 9 heteroatoms. The summed E-state index contributed by atoms with van der Waals surface area (Å²) in [5.41, 5.74) is 2.53. The molecule has 180 valence electrons. The van der Waals surface area contributed by atoms with E-state index in [0.717, 1.165) is 36.0 Å². The van der Waals surface area contributed by atoms with Crippen LogP contribution in [0, 0.1) is 12.3 Å². The van der Waals surface area contributed by atoms with Crippen LogP contribution in [0.15, 0.2) is 29.1 Å². The van der Waals surface area contributed by atoms with Gasteiger partial charge in [-0.1, -0.05) is 6.07 Å². The number of carbonyl (C=O) groups excluding carboxylic acids is 2. The Labute approximate surface area is 197 Å². The number of fused-ring (bicyclic) bond motifs is 1. The number of aliphatic hydroxyl groups excluding tert-OH is 1. The molecule has 1 aromatic carbocycles. The topological polar surface area (TPSA) is 105 Å². The van der Waals surface area contributed by atoms with Crippen molar-refractivity contribution in [3.8, 4) is 0 Å². The fourth-order valence-electron chi connectivity index (χ4n) is 5.64. The Hall–Kier alpha value is -3.04. The van der Waals surface area contributed by atoms with Gasteiger partial charge in [0, 0.05) is 31.3 Å². The van der Waals surface area contributed by atoms with Gasteiger partial charge < -0.3 is 9.84 Å². The summed E-state index contributed by atoms with van der Waals surface area (Å²) in [7, 11) is 1.58. The van der Waals surface area contributed by atoms with Crippen LogP contribution >= 0.6 is 0 Å². The standard InChI is InChI=1S/C25H30N4O5/c1-15-17(4-5-18-19(15)14-34-23(18)32)22(31)16(2)28-11-8-25(9-12-28)10-13-29(24(25)33)20-6-7-21(30)27(3)26-20/h4-7,16,22,31H,8-14H2,1-3H3/t16-,22+/m0/s1. The molecular formula is C25H30N4O5. The summed E-state index contributed by atoms with van der Waals surface area (Å²) in [5, 5.41) is 15.4. The van der Waals surface area contributed by atoms with Gasteiger partial charge in [0.25, 0.3) is 5.56 Å². The molecule has 0 aliphatic carbocycles. The molecule has 34 heavy (non-hydrogen) atoms. The number of piperidine rings is 1. The van der Waals surface area contributed by atoms with Crippen molar-refractivity contribution in [1.82, 2.24) is 14.7 Å². The fourth-order valence-corrected chi connectivity index (χ4v) is 5.64. The molecule has 1 aromatic heterocycles. The Balaban J connectivity index is 1.27. The Morgan fingerprint density at radius 2 is 1.76 bits per heavy atom. The molecule has 4 heterocycles. The molecule has 2 fully saturated rings. The van der Waals surface area contributed by atoms with Gasteiger partial charge in [-0.15, -0.1) is 0 Å². The summed E-state index contributed by atoms with van der Waals surface area (Å²) in [4.78, 5) is 40.8. The van der Waals surface area contributed by atoms with Crippen molar-refractivity contribution >= 4 is 17.7 Å². The van der Waals surface area contributed by atoms with Crippen molar-refractivity contribution < 1.29 is 19.4 Å². The number of aliphatic hydroxyl groups is 1. The average molecular weight is 467 g/mol. The third kappa shape index (κ3) is 3.54. The Morgan fingerprint density at radius 1 is 1.06 bits per heavy atom. The minimum Gasteiger partial charge on any atom is -0.457 e. The zero-order valence-corrected chi connectivity index (χ0v) is 19.8. The number of rotatable bonds is 4. The normalized spacial score (nSPS) is 21.6. The fraction of sp³-hybridized carbons (Fsp3) is 0.520. The minimum absolute atomic E-state index is 0.0747. The third-order valence-electron chi connectivity index (χ3n) is 8.05. The SMILES string of the molecule is Cc1c([C@H](O)[C@H](C)N2CCC3(CCN(c4ccc(=O)n(C)n4)C3=O)CC2)ccc2c1COC2=O. The molecule has 9 nitrogen and oxygen atoms in total. The molecule has 1 N–H and O–H groups in total. The van der Waals surface area contributed by atoms with Gasteiger partial charge in [0.1, 0.15) is 6.61 Å². The van der Waals surface area contributed by atoms with Crippen LogP contribution in [0.3, 0.4) is 0 Å². The number of benzene rings is 1. The number of amides is 1. The van der Waals surface area contributed by atoms with Crippen molar-refractivity contribution in [2.24, 2.45) is 12.5 Å². The van der Waals surface area contributed by atoms with Gasteiger partial charge in [-0.05, 0) is 69.5 Å². The highest BCUT2D eigenvalue weighted by atomic mass is 16.5. The van der Waals surface area contributed by atoms with E-state index in [1.807, 2.05) is 19.9 Å². The predicted molar refractivity (Wildman–Crippen MR) is 124 cm³/mol. The summed E-state index contributed by atoms with van der Waals surface area (Å²) in [5.74, 6) is 0.284. The molecular weight excluding hydrogens is 436 g/mol. The number of nitrogens with zero attached hydrogens (tertiary/aromatic N) is 4. The number of likely N-dealkylation sites (tertiary alicyclic amines) is 1. The summed E-state index contributed by atoms with van der Waals surface area (Å²) in [6, 6.07) is 6.49. The summed E-state index contributed by atoms with van der Waals surface area (Å²) in [6.07, 6.45) is 1.49. The van der Waals surface area contributed by atoms with Crippen LogP contribution in [0.4, 0.5) is 5.82 Å². The summed E-state index contributed by atoms with van der Waals surface area (Å²) in [6.45, 7) is 6.21. The lowest BCUT2D eigenvalue weighted by atomic mass is 9.76. The van der Waals surface area contributed by atoms with Gasteiger partial charge in [0.2, 0.25) is 5.91 Å². The zero-order chi connectivity index (χ0) is 24.2. The first-order valence-corrected chi connectivity index (χ1v) is 11.8. The van der Waals surface area contributed by atoms with Gasteiger partial charge in [-0.3, -0.25) is 19.4 Å². The third-order valence-corrected chi connectivity index (χ3v) is 8.05. The maximum Gasteiger partial charge on any atom is 0.338 e. The molecule has 2 saturated heterocycles. The van der Waals surface area contributed by atoms with Gasteiger partial charge >= 0.3 is 5.97 Å². The van der Waals surface area contributed by atoms with Crippen molar-refractivity contribution in [3.63, 3.8) is 0 Å². The highest BCUT2D eigenvalue weighted by Crippen LogP contribution is 2.43. The first-order valence-electron chi connectivity index (χ1n) is 11.8. The number of hydrogen-bond acceptors (Lipinski definition) is 7. The maximum absolute atomic E-state index is 13.4. The number of hydrogen-bond donors (Lipinski definition) is 1. The van der Waals surface area contributed by atoms with Crippen molar-refractivity contribution in [2.45, 2.75) is 51.9 Å². The molecule has 2 aromatic rings. The summed E-state index contributed by atoms with van der Waals surface area (Å²) < 4.78 is 6.40. The maximum atomic E-state index is 13.4. The van der Waals surface area contributed by atoms with E-state index in [1.54, 1.807) is 24.1 Å². The number of aromatic nitrogens is 2. The lowest BCUT2D eigenvalue weighted by Crippen LogP contribution is -2.49. The van der Waals surface area contributed by atoms with Gasteiger partial charge in [-0.2, -0.15) is 5.10 Å². The molecule has 0 radical (unpaired) electrons. The van der Waals surface area contributed by atoms with Gasteiger partial charge in [0.15, 0.2) is 5.82 Å². The molecule has 1 amide bonds. The molecule has 3 aliphatic heterocycles. The van der Waals surface area contributed by atoms with Crippen LogP contribution < -0.4 is 10.5 Å². The Bertz CT molecular complexity index is 1210. The first kappa shape index (κ1) is 22.7. The molecule has 0 unspecified atom stereocenters. The summed E-state index contributed by atoms with van der Waals surface area (Å²) >= 11 is 0. The van der Waals surface area contributed by atoms with Gasteiger partial charge in [0.05, 0.1) is 17.1 Å². The van der Waals surface area contributed by atoms with Crippen LogP contribution in [0.2, 0.25) is 0 Å². The van der Waals surface area contributed by atoms with E-state index in [2.05, 4.69) is 10.00 Å². The lowest BCUT2D eigenvalue weighted by Gasteiger charge is -2.42. The minimum atomic E-state index is -0.708. The van der Waals surface area contributed by atoms with E-state index in [1.165, 1.54) is 10.7 Å². The Kier molecular flexibility index (Phi) is 5.56. The number of cyclic esters (lactones) is 1. The second-order valence-corrected chi connectivity index (χ2v) is 9.74. The average Bonchev–Trinajstić information content (AvgIpc) is 3.36. The van der Waals surface area contributed by atoms with E-state index in [0.29, 0.717) is 31.0 Å². The van der Waals surface area contributed by atoms with Crippen LogP contribution in [-0.2, 0) is 23.2 Å². The largest absolute Gasteiger partial charge is 0.457 e. The molecule has 0 saturated carbocycles. The van der Waals surface area contributed by atoms with Crippen molar-refractivity contribution in [1.29, 1.82) is 0 Å². The second kappa shape index (κ2) is 8.32. The molecule has 1 spiro atoms. The molecule has 0 bridgehead atoms. The van der Waals surface area contributed by atoms with Crippen LogP contribution in [0.25, 0.3) is 0 Å². The number of carbonyl (C=O) groups is 2. The van der Waals surface area contributed by atoms with E-state index in [-0.39, 0.29) is 30.1 Å². The Morgan fingerprint density at radius 3 is 2.47 bits per heavy atom. The molecule has 5 rings (SSSR count). The van der Waals surface area contributed by atoms with Crippen LogP contribution in [0.5, 0.6) is 0 Å². The first-order chi connectivity index (χ1) is 16.2. The highest BCUT2D eigenvalue weighted by Gasteiger charge is 2.49. The van der Waals surface area contributed by atoms with Crippen LogP contribution in [0.1, 0.15) is 59.3 Å². The highest BCUT2D eigenvalue weighted by molar-refractivity contribution is 5.99. The van der Waals surface area contributed by atoms with Crippen molar-refractivity contribution in [3.05, 3.63) is 56.9 Å². The van der Waals surface area contributed by atoms with Gasteiger partial charge in [-0.25, -0.2) is 9.48 Å². The molecule has 3 aliphatic rings. The van der Waals surface area contributed by atoms with E-state index in [9.17, 15) is 19.5 Å². The number of anilines is 1. The van der Waals surface area contributed by atoms with Crippen molar-refractivity contribution in [2.75, 3.05) is 24.5 Å². The monoisotopic (exact) mass is 466 g/mol. The number of aryl methyl sites for hydroxylation is 1. The lowest BCUT2D eigenvalue weighted by molar-refractivity contribution is -0.128. The van der Waals surface area contributed by atoms with E-state index in [4.69, 9.17) is 4.74 Å². The van der Waals surface area contributed by atoms with E-state index < -0.39 is 11.5 Å². The zero-order valence-electron chi connectivity index (χ0n) is 19.8. The predicted octanol–water partition coefficient (Wildman–Crippen LogP) is 1.70.